The van der Waals surface area contributed by atoms with Gasteiger partial charge in [0.25, 0.3) is 0 Å². The first-order chi connectivity index (χ1) is 22.7. The fraction of sp³-hybridized carbons (Fsp3) is 0.361. The van der Waals surface area contributed by atoms with Gasteiger partial charge in [-0.05, 0) is 49.6 Å². The van der Waals surface area contributed by atoms with Gasteiger partial charge in [-0.15, -0.1) is 0 Å². The van der Waals surface area contributed by atoms with Gasteiger partial charge in [0.15, 0.2) is 0 Å². The van der Waals surface area contributed by atoms with Crippen molar-refractivity contribution >= 4 is 29.1 Å². The van der Waals surface area contributed by atoms with Gasteiger partial charge in [0.05, 0.1) is 41.8 Å². The third kappa shape index (κ3) is 7.24. The van der Waals surface area contributed by atoms with Gasteiger partial charge >= 0.3 is 0 Å². The number of carbonyl (C=O) groups is 1. The molecule has 0 aliphatic carbocycles. The molecule has 11 heteroatoms. The van der Waals surface area contributed by atoms with Crippen molar-refractivity contribution in [1.82, 2.24) is 25.5 Å². The molecule has 246 valence electrons. The molecule has 0 unspecified atom stereocenters. The first-order valence-electron chi connectivity index (χ1n) is 15.8. The molecule has 2 aromatic carbocycles. The molecule has 1 saturated heterocycles. The van der Waals surface area contributed by atoms with Gasteiger partial charge in [-0.25, -0.2) is 4.98 Å². The van der Waals surface area contributed by atoms with Crippen LogP contribution in [0.2, 0.25) is 10.0 Å². The molecular weight excluding hydrogens is 637 g/mol. The van der Waals surface area contributed by atoms with Crippen molar-refractivity contribution < 1.29 is 19.4 Å². The zero-order valence-electron chi connectivity index (χ0n) is 26.8. The lowest BCUT2D eigenvalue weighted by Crippen LogP contribution is -2.35. The number of fused-ring (bicyclic) bond motifs is 1. The van der Waals surface area contributed by atoms with E-state index in [1.807, 2.05) is 49.4 Å². The second kappa shape index (κ2) is 14.6. The number of nitrogens with zero attached hydrogens (tertiary/aromatic N) is 3. The average Bonchev–Trinajstić information content (AvgIpc) is 3.49. The number of pyridine rings is 2. The van der Waals surface area contributed by atoms with E-state index in [0.29, 0.717) is 59.9 Å². The molecule has 0 saturated carbocycles. The minimum Gasteiger partial charge on any atom is -0.496 e. The number of aliphatic hydroxyl groups is 1. The Morgan fingerprint density at radius 3 is 2.62 bits per heavy atom. The van der Waals surface area contributed by atoms with Crippen molar-refractivity contribution in [3.8, 4) is 45.3 Å². The molecule has 2 aliphatic rings. The predicted molar refractivity (Wildman–Crippen MR) is 185 cm³/mol. The highest BCUT2D eigenvalue weighted by Gasteiger charge is 2.24. The van der Waals surface area contributed by atoms with Gasteiger partial charge in [0.2, 0.25) is 11.8 Å². The Morgan fingerprint density at radius 1 is 1.06 bits per heavy atom. The van der Waals surface area contributed by atoms with E-state index >= 15 is 0 Å². The van der Waals surface area contributed by atoms with Crippen LogP contribution < -0.4 is 20.1 Å². The predicted octanol–water partition coefficient (Wildman–Crippen LogP) is 5.91. The average molecular weight is 677 g/mol. The molecule has 1 amide bonds. The number of hydrogen-bond donors (Lipinski definition) is 3. The summed E-state index contributed by atoms with van der Waals surface area (Å²) in [4.78, 5) is 23.2. The monoisotopic (exact) mass is 675 g/mol. The van der Waals surface area contributed by atoms with Gasteiger partial charge < -0.3 is 25.2 Å². The number of amides is 1. The molecule has 3 N–H and O–H groups in total. The molecule has 0 spiro atoms. The molecule has 9 nitrogen and oxygen atoms in total. The number of methoxy groups -OCH3 is 2. The van der Waals surface area contributed by atoms with Crippen LogP contribution in [0.25, 0.3) is 33.6 Å². The second-order valence-corrected chi connectivity index (χ2v) is 12.9. The normalized spacial score (nSPS) is 16.9. The Hall–Kier alpha value is -3.73. The van der Waals surface area contributed by atoms with Crippen molar-refractivity contribution in [2.45, 2.75) is 51.4 Å². The van der Waals surface area contributed by atoms with Gasteiger partial charge in [0.1, 0.15) is 5.75 Å². The molecule has 2 aliphatic heterocycles. The molecule has 4 heterocycles. The van der Waals surface area contributed by atoms with E-state index in [1.165, 1.54) is 5.56 Å². The van der Waals surface area contributed by atoms with E-state index in [4.69, 9.17) is 37.7 Å². The van der Waals surface area contributed by atoms with Crippen LogP contribution >= 0.6 is 23.2 Å². The zero-order valence-corrected chi connectivity index (χ0v) is 28.3. The number of benzene rings is 2. The standard InChI is InChI=1S/C36H39Cl2N5O4/c1-21(44)19-43-14-12-22-15-24(16-31(46-2)29(22)20-43)35-34(38)27(11-13-40-35)26-5-4-6-28(33(26)37)30-9-7-23(36(42-30)47-3)17-39-18-25-8-10-32(45)41-25/h4-7,9,11,13,15-16,21,25,39,44H,8,10,12,14,17-20H2,1-3H3,(H,41,45)/t21-,25+/m1/s1. The maximum absolute atomic E-state index is 11.5. The minimum absolute atomic E-state index is 0.101. The van der Waals surface area contributed by atoms with Crippen LogP contribution in [0.1, 0.15) is 36.5 Å². The summed E-state index contributed by atoms with van der Waals surface area (Å²) in [5.74, 6) is 1.39. The number of halogens is 2. The van der Waals surface area contributed by atoms with E-state index in [-0.39, 0.29) is 11.9 Å². The Kier molecular flexibility index (Phi) is 10.3. The van der Waals surface area contributed by atoms with Crippen LogP contribution in [0.4, 0.5) is 0 Å². The quantitative estimate of drug-likeness (QED) is 0.180. The highest BCUT2D eigenvalue weighted by Crippen LogP contribution is 2.43. The number of aromatic nitrogens is 2. The van der Waals surface area contributed by atoms with Crippen molar-refractivity contribution in [3.05, 3.63) is 81.5 Å². The highest BCUT2D eigenvalue weighted by atomic mass is 35.5. The van der Waals surface area contributed by atoms with E-state index in [1.54, 1.807) is 20.4 Å². The fourth-order valence-corrected chi connectivity index (χ4v) is 7.12. The number of rotatable bonds is 11. The van der Waals surface area contributed by atoms with E-state index < -0.39 is 6.10 Å². The lowest BCUT2D eigenvalue weighted by atomic mass is 9.93. The highest BCUT2D eigenvalue weighted by molar-refractivity contribution is 6.39. The Labute approximate surface area is 285 Å². The third-order valence-corrected chi connectivity index (χ3v) is 9.56. The van der Waals surface area contributed by atoms with E-state index in [0.717, 1.165) is 58.5 Å². The largest absolute Gasteiger partial charge is 0.496 e. The Bertz CT molecular complexity index is 1770. The smallest absolute Gasteiger partial charge is 0.220 e. The number of carbonyl (C=O) groups excluding carboxylic acids is 1. The molecular formula is C36H39Cl2N5O4. The summed E-state index contributed by atoms with van der Waals surface area (Å²) >= 11 is 14.2. The summed E-state index contributed by atoms with van der Waals surface area (Å²) < 4.78 is 11.5. The van der Waals surface area contributed by atoms with E-state index in [9.17, 15) is 9.90 Å². The molecule has 0 radical (unpaired) electrons. The van der Waals surface area contributed by atoms with Crippen molar-refractivity contribution in [3.63, 3.8) is 0 Å². The van der Waals surface area contributed by atoms with Gasteiger partial charge in [-0.1, -0.05) is 47.5 Å². The van der Waals surface area contributed by atoms with Crippen molar-refractivity contribution in [1.29, 1.82) is 0 Å². The van der Waals surface area contributed by atoms with E-state index in [2.05, 4.69) is 26.6 Å². The molecule has 47 heavy (non-hydrogen) atoms. The number of β-amino-alcohol motifs (C(OH)–C–C–N with tert-alkyl or cyclic N) is 1. The van der Waals surface area contributed by atoms with Crippen LogP contribution in [-0.2, 0) is 24.3 Å². The molecule has 1 fully saturated rings. The maximum Gasteiger partial charge on any atom is 0.220 e. The van der Waals surface area contributed by atoms with Gasteiger partial charge in [-0.3, -0.25) is 14.7 Å². The summed E-state index contributed by atoms with van der Waals surface area (Å²) in [5, 5.41) is 17.3. The zero-order chi connectivity index (χ0) is 33.1. The number of aliphatic hydroxyl groups excluding tert-OH is 1. The van der Waals surface area contributed by atoms with Gasteiger partial charge in [0, 0.05) is 84.8 Å². The number of ether oxygens (including phenoxy) is 2. The lowest BCUT2D eigenvalue weighted by molar-refractivity contribution is -0.119. The van der Waals surface area contributed by atoms with Crippen LogP contribution in [0, 0.1) is 0 Å². The Balaban J connectivity index is 1.27. The SMILES string of the molecule is COc1cc(-c2nccc(-c3cccc(-c4ccc(CNC[C@@H]5CCC(=O)N5)c(OC)n4)c3Cl)c2Cl)cc2c1CN(C[C@@H](C)O)CC2. The lowest BCUT2D eigenvalue weighted by Gasteiger charge is -2.31. The van der Waals surface area contributed by atoms with Gasteiger partial charge in [-0.2, -0.15) is 0 Å². The second-order valence-electron chi connectivity index (χ2n) is 12.1. The molecule has 4 aromatic rings. The van der Waals surface area contributed by atoms with Crippen LogP contribution in [-0.4, -0.2) is 71.9 Å². The number of nitrogens with one attached hydrogen (secondary N) is 2. The fourth-order valence-electron chi connectivity index (χ4n) is 6.47. The molecule has 2 aromatic heterocycles. The van der Waals surface area contributed by atoms with Crippen LogP contribution in [0.15, 0.2) is 54.7 Å². The first-order valence-corrected chi connectivity index (χ1v) is 16.6. The van der Waals surface area contributed by atoms with Crippen LogP contribution in [0.3, 0.4) is 0 Å². The Morgan fingerprint density at radius 2 is 1.87 bits per heavy atom. The summed E-state index contributed by atoms with van der Waals surface area (Å²) in [7, 11) is 3.28. The topological polar surface area (TPSA) is 109 Å². The molecule has 2 atom stereocenters. The summed E-state index contributed by atoms with van der Waals surface area (Å²) in [6.07, 6.45) is 3.60. The minimum atomic E-state index is -0.392. The summed E-state index contributed by atoms with van der Waals surface area (Å²) in [5.41, 5.74) is 7.69. The van der Waals surface area contributed by atoms with Crippen molar-refractivity contribution in [2.24, 2.45) is 0 Å². The molecule has 6 rings (SSSR count). The van der Waals surface area contributed by atoms with Crippen molar-refractivity contribution in [2.75, 3.05) is 33.9 Å². The molecule has 0 bridgehead atoms. The first kappa shape index (κ1) is 33.2. The number of hydrogen-bond acceptors (Lipinski definition) is 8. The third-order valence-electron chi connectivity index (χ3n) is 8.77. The summed E-state index contributed by atoms with van der Waals surface area (Å²) in [6, 6.07) is 15.9. The summed E-state index contributed by atoms with van der Waals surface area (Å²) in [6.45, 7) is 5.22. The van der Waals surface area contributed by atoms with Crippen LogP contribution in [0.5, 0.6) is 11.6 Å². The maximum atomic E-state index is 11.5.